The van der Waals surface area contributed by atoms with E-state index in [1.165, 1.54) is 89.7 Å². The SMILES string of the molecule is C=C/C=C\C(=C/C)c1ccc(-c2cc(-c3ccc(-c4cccnc4)cc3)c3ccc4cc(C(C)(C)C)cc5ccc2c3c54)cc1.CCCC.CI. The Labute approximate surface area is 319 Å². The van der Waals surface area contributed by atoms with Crippen LogP contribution in [0.1, 0.15) is 65.5 Å². The highest BCUT2D eigenvalue weighted by molar-refractivity contribution is 14.1. The van der Waals surface area contributed by atoms with Gasteiger partial charge < -0.3 is 0 Å². The second-order valence-electron chi connectivity index (χ2n) is 13.9. The molecule has 0 radical (unpaired) electrons. The highest BCUT2D eigenvalue weighted by Crippen LogP contribution is 2.45. The van der Waals surface area contributed by atoms with Crippen molar-refractivity contribution in [2.45, 2.75) is 59.8 Å². The van der Waals surface area contributed by atoms with Gasteiger partial charge in [0.2, 0.25) is 0 Å². The minimum atomic E-state index is 0.0746. The maximum atomic E-state index is 4.32. The first kappa shape index (κ1) is 37.7. The van der Waals surface area contributed by atoms with Crippen molar-refractivity contribution in [1.82, 2.24) is 4.98 Å². The van der Waals surface area contributed by atoms with Crippen LogP contribution in [0.5, 0.6) is 0 Å². The van der Waals surface area contributed by atoms with Crippen LogP contribution in [0.4, 0.5) is 0 Å². The molecule has 0 N–H and O–H groups in total. The van der Waals surface area contributed by atoms with Crippen LogP contribution < -0.4 is 0 Å². The summed E-state index contributed by atoms with van der Waals surface area (Å²) in [5.41, 5.74) is 11.0. The van der Waals surface area contributed by atoms with Crippen LogP contribution in [0.2, 0.25) is 0 Å². The topological polar surface area (TPSA) is 12.9 Å². The predicted molar refractivity (Wildman–Crippen MR) is 236 cm³/mol. The number of halogens is 1. The Kier molecular flexibility index (Phi) is 12.7. The number of hydrogen-bond acceptors (Lipinski definition) is 1. The normalized spacial score (nSPS) is 11.8. The molecule has 7 aromatic rings. The Morgan fingerprint density at radius 1 is 0.686 bits per heavy atom. The van der Waals surface area contributed by atoms with E-state index in [0.717, 1.165) is 5.56 Å². The van der Waals surface area contributed by atoms with E-state index in [9.17, 15) is 0 Å². The first-order valence-electron chi connectivity index (χ1n) is 18.0. The highest BCUT2D eigenvalue weighted by Gasteiger charge is 2.20. The van der Waals surface area contributed by atoms with Crippen LogP contribution in [0.15, 0.2) is 146 Å². The molecule has 0 amide bonds. The maximum Gasteiger partial charge on any atom is 0.0346 e. The quantitative estimate of drug-likeness (QED) is 0.0680. The molecule has 0 aliphatic carbocycles. The van der Waals surface area contributed by atoms with Gasteiger partial charge in [0.15, 0.2) is 0 Å². The van der Waals surface area contributed by atoms with Gasteiger partial charge in [0, 0.05) is 12.4 Å². The van der Waals surface area contributed by atoms with E-state index in [0.29, 0.717) is 0 Å². The van der Waals surface area contributed by atoms with E-state index >= 15 is 0 Å². The number of alkyl halides is 1. The molecular formula is C49H50IN. The Morgan fingerprint density at radius 2 is 1.24 bits per heavy atom. The third-order valence-corrected chi connectivity index (χ3v) is 9.53. The molecule has 7 rings (SSSR count). The number of unbranched alkanes of at least 4 members (excludes halogenated alkanes) is 1. The number of allylic oxidation sites excluding steroid dienone is 5. The summed E-state index contributed by atoms with van der Waals surface area (Å²) in [6.45, 7) is 17.1. The number of aromatic nitrogens is 1. The van der Waals surface area contributed by atoms with Gasteiger partial charge in [-0.15, -0.1) is 0 Å². The average Bonchev–Trinajstić information content (AvgIpc) is 3.18. The second-order valence-corrected chi connectivity index (χ2v) is 13.9. The van der Waals surface area contributed by atoms with Crippen LogP contribution in [-0.4, -0.2) is 9.91 Å². The van der Waals surface area contributed by atoms with Crippen molar-refractivity contribution in [1.29, 1.82) is 0 Å². The first-order valence-corrected chi connectivity index (χ1v) is 20.1. The molecule has 0 spiro atoms. The molecule has 2 heteroatoms. The van der Waals surface area contributed by atoms with Gasteiger partial charge in [-0.2, -0.15) is 0 Å². The summed E-state index contributed by atoms with van der Waals surface area (Å²) in [5, 5.41) is 7.84. The monoisotopic (exact) mass is 779 g/mol. The largest absolute Gasteiger partial charge is 0.264 e. The third-order valence-electron chi connectivity index (χ3n) is 9.53. The zero-order chi connectivity index (χ0) is 36.5. The van der Waals surface area contributed by atoms with Gasteiger partial charge in [-0.05, 0) is 112 Å². The van der Waals surface area contributed by atoms with E-state index in [1.807, 2.05) is 35.5 Å². The van der Waals surface area contributed by atoms with E-state index < -0.39 is 0 Å². The second kappa shape index (κ2) is 17.1. The van der Waals surface area contributed by atoms with Crippen molar-refractivity contribution in [3.05, 3.63) is 158 Å². The molecule has 0 bridgehead atoms. The van der Waals surface area contributed by atoms with Gasteiger partial charge in [0.1, 0.15) is 0 Å². The zero-order valence-electron chi connectivity index (χ0n) is 31.2. The lowest BCUT2D eigenvalue weighted by Crippen LogP contribution is -2.10. The first-order chi connectivity index (χ1) is 24.8. The summed E-state index contributed by atoms with van der Waals surface area (Å²) in [6.07, 6.45) is 14.4. The number of rotatable bonds is 7. The molecule has 0 aliphatic rings. The van der Waals surface area contributed by atoms with Crippen molar-refractivity contribution < 1.29 is 0 Å². The molecule has 0 atom stereocenters. The maximum absolute atomic E-state index is 4.32. The summed E-state index contributed by atoms with van der Waals surface area (Å²) in [5.74, 6) is 0. The number of pyridine rings is 1. The van der Waals surface area contributed by atoms with Crippen LogP contribution in [-0.2, 0) is 5.41 Å². The third kappa shape index (κ3) is 8.18. The summed E-state index contributed by atoms with van der Waals surface area (Å²) >= 11 is 2.15. The van der Waals surface area contributed by atoms with Crippen molar-refractivity contribution in [3.63, 3.8) is 0 Å². The molecule has 0 saturated carbocycles. The van der Waals surface area contributed by atoms with Crippen LogP contribution in [0.25, 0.3) is 71.3 Å². The van der Waals surface area contributed by atoms with Gasteiger partial charge in [-0.1, -0.05) is 192 Å². The van der Waals surface area contributed by atoms with Crippen molar-refractivity contribution in [3.8, 4) is 33.4 Å². The van der Waals surface area contributed by atoms with Crippen molar-refractivity contribution in [2.75, 3.05) is 4.93 Å². The number of nitrogens with zero attached hydrogens (tertiary/aromatic N) is 1. The smallest absolute Gasteiger partial charge is 0.0346 e. The van der Waals surface area contributed by atoms with Crippen LogP contribution in [0.3, 0.4) is 0 Å². The Hall–Kier alpha value is -4.54. The highest BCUT2D eigenvalue weighted by atomic mass is 127. The van der Waals surface area contributed by atoms with Crippen LogP contribution in [0, 0.1) is 0 Å². The Balaban J connectivity index is 0.000000787. The summed E-state index contributed by atoms with van der Waals surface area (Å²) in [6, 6.07) is 38.5. The molecule has 0 saturated heterocycles. The van der Waals surface area contributed by atoms with E-state index in [2.05, 4.69) is 185 Å². The lowest BCUT2D eigenvalue weighted by Gasteiger charge is -2.23. The summed E-state index contributed by atoms with van der Waals surface area (Å²) < 4.78 is 0. The molecule has 1 aromatic heterocycles. The Bertz CT molecular complexity index is 2250. The van der Waals surface area contributed by atoms with Gasteiger partial charge in [0.05, 0.1) is 0 Å². The fourth-order valence-corrected chi connectivity index (χ4v) is 6.57. The van der Waals surface area contributed by atoms with Gasteiger partial charge in [-0.25, -0.2) is 0 Å². The standard InChI is InChI=1S/C44H37N.C4H10.CH3I/c1-6-8-10-29(7-2)30-12-16-32(17-13-30)40-27-41(33-18-14-31(15-19-33)36-11-9-24-45-28-36)39-23-21-35-26-37(44(3,4)5)25-34-20-22-38(40)43(39)42(34)35;1-3-4-2;1-2/h6-28H,1H2,2-5H3;3-4H2,1-2H3;1H3/b10-8-,29-7+;;. The van der Waals surface area contributed by atoms with Crippen molar-refractivity contribution >= 4 is 60.5 Å². The molecule has 0 aliphatic heterocycles. The van der Waals surface area contributed by atoms with E-state index in [4.69, 9.17) is 0 Å². The summed E-state index contributed by atoms with van der Waals surface area (Å²) in [4.78, 5) is 6.29. The average molecular weight is 780 g/mol. The zero-order valence-corrected chi connectivity index (χ0v) is 33.4. The predicted octanol–water partition coefficient (Wildman–Crippen LogP) is 15.3. The Morgan fingerprint density at radius 3 is 1.71 bits per heavy atom. The summed E-state index contributed by atoms with van der Waals surface area (Å²) in [7, 11) is 0. The van der Waals surface area contributed by atoms with Crippen molar-refractivity contribution in [2.24, 2.45) is 0 Å². The van der Waals surface area contributed by atoms with Gasteiger partial charge >= 0.3 is 0 Å². The molecule has 0 unspecified atom stereocenters. The number of benzene rings is 6. The minimum absolute atomic E-state index is 0.0746. The van der Waals surface area contributed by atoms with Gasteiger partial charge in [-0.3, -0.25) is 4.98 Å². The molecule has 51 heavy (non-hydrogen) atoms. The molecule has 0 fully saturated rings. The fraction of sp³-hybridized carbons (Fsp3) is 0.204. The molecule has 1 nitrogen and oxygen atoms in total. The molecule has 1 heterocycles. The molecule has 6 aromatic carbocycles. The van der Waals surface area contributed by atoms with Gasteiger partial charge in [0.25, 0.3) is 0 Å². The van der Waals surface area contributed by atoms with E-state index in [1.54, 1.807) is 0 Å². The molecule has 258 valence electrons. The fourth-order valence-electron chi connectivity index (χ4n) is 6.57. The molecular weight excluding hydrogens is 729 g/mol. The van der Waals surface area contributed by atoms with E-state index in [-0.39, 0.29) is 5.41 Å². The number of hydrogen-bond donors (Lipinski definition) is 0. The lowest BCUT2D eigenvalue weighted by atomic mass is 9.81. The lowest BCUT2D eigenvalue weighted by molar-refractivity contribution is 0.591. The van der Waals surface area contributed by atoms with Crippen LogP contribution >= 0.6 is 22.6 Å². The minimum Gasteiger partial charge on any atom is -0.264 e.